The Kier molecular flexibility index (Phi) is 18.5. The summed E-state index contributed by atoms with van der Waals surface area (Å²) in [6.07, 6.45) is 3.60. The van der Waals surface area contributed by atoms with Crippen LogP contribution >= 0.6 is 31.0 Å². The largest absolute Gasteiger partial charge is 1.00 e. The van der Waals surface area contributed by atoms with Crippen molar-refractivity contribution in [3.05, 3.63) is 143 Å². The summed E-state index contributed by atoms with van der Waals surface area (Å²) in [6, 6.07) is 35.1. The molecule has 0 N–H and O–H groups in total. The second kappa shape index (κ2) is 22.4. The molecule has 0 saturated heterocycles. The Morgan fingerprint density at radius 1 is 0.406 bits per heavy atom. The third-order valence-electron chi connectivity index (χ3n) is 11.6. The standard InChI is InChI=1S/C42H52N2.C12H8N2.CH2Cl2.Cu.F6P/c1-23(2)31-19-33(25(5)6)39(34(20-31)26(7)8)37-17-15-29-13-14-30-16-18-38(44-42(30)41(29)43-37)40-35(27(9)10)21-32(24(3)4)22-36(40)28(11)12;1-3-9-5-6-10-4-2-8-14-12(10)11(9)13-7-1;2-1-3;;1-7(2,3,4,5)6/h13-28H,1-12H3;1-8H;1H2;;/q;;;+1;-1. The molecule has 0 aliphatic heterocycles. The van der Waals surface area contributed by atoms with E-state index in [4.69, 9.17) is 33.2 Å². The molecule has 8 aromatic rings. The number of hydrogen-bond donors (Lipinski definition) is 0. The minimum Gasteiger partial charge on any atom is -0.254 e. The van der Waals surface area contributed by atoms with Gasteiger partial charge in [0.1, 0.15) is 0 Å². The van der Waals surface area contributed by atoms with Crippen LogP contribution in [0.3, 0.4) is 0 Å². The SMILES string of the molecule is CC(C)c1cc(C(C)C)c(-c2ccc3ccc4ccc(-c5c(C(C)C)cc(C(C)C)cc5C(C)C)nc4c3n2)c(C(C)C)c1.ClCCl.F[P-](F)(F)(F)(F)F.[Cu+].c1cnc2c(c1)ccc1cccnc12. The molecule has 4 heterocycles. The molecule has 0 aliphatic carbocycles. The predicted octanol–water partition coefficient (Wildman–Crippen LogP) is 20.4. The number of aromatic nitrogens is 4. The quantitative estimate of drug-likeness (QED) is 0.0500. The van der Waals surface area contributed by atoms with Gasteiger partial charge in [0.25, 0.3) is 0 Å². The molecule has 0 fully saturated rings. The van der Waals surface area contributed by atoms with Gasteiger partial charge in [0.15, 0.2) is 0 Å². The number of benzene rings is 4. The van der Waals surface area contributed by atoms with Crippen molar-refractivity contribution in [3.63, 3.8) is 0 Å². The molecule has 8 rings (SSSR count). The van der Waals surface area contributed by atoms with Crippen LogP contribution in [0.1, 0.15) is 152 Å². The van der Waals surface area contributed by atoms with Crippen LogP contribution in [0, 0.1) is 0 Å². The van der Waals surface area contributed by atoms with Gasteiger partial charge in [-0.2, -0.15) is 0 Å². The summed E-state index contributed by atoms with van der Waals surface area (Å²) in [5, 5.41) is 4.73. The van der Waals surface area contributed by atoms with E-state index in [0.29, 0.717) is 35.5 Å². The second-order valence-corrected chi connectivity index (χ2v) is 21.7. The molecule has 0 atom stereocenters. The normalized spacial score (nSPS) is 12.7. The molecule has 0 spiro atoms. The Hall–Kier alpha value is -4.37. The smallest absolute Gasteiger partial charge is 0.254 e. The summed E-state index contributed by atoms with van der Waals surface area (Å²) in [4.78, 5) is 19.6. The number of alkyl halides is 2. The van der Waals surface area contributed by atoms with E-state index in [9.17, 15) is 25.2 Å². The zero-order valence-corrected chi connectivity index (χ0v) is 44.5. The second-order valence-electron chi connectivity index (χ2n) is 19.0. The molecule has 0 bridgehead atoms. The van der Waals surface area contributed by atoms with Crippen LogP contribution in [-0.2, 0) is 17.1 Å². The van der Waals surface area contributed by atoms with Crippen LogP contribution in [0.25, 0.3) is 66.1 Å². The van der Waals surface area contributed by atoms with Gasteiger partial charge in [-0.05, 0) is 93.2 Å². The van der Waals surface area contributed by atoms with E-state index in [0.717, 1.165) is 55.0 Å². The monoisotopic (exact) mass is 1060 g/mol. The average Bonchev–Trinajstić information content (AvgIpc) is 3.26. The van der Waals surface area contributed by atoms with Gasteiger partial charge in [-0.3, -0.25) is 9.97 Å². The van der Waals surface area contributed by atoms with Crippen LogP contribution < -0.4 is 0 Å². The van der Waals surface area contributed by atoms with Crippen molar-refractivity contribution in [2.75, 3.05) is 5.34 Å². The van der Waals surface area contributed by atoms with Crippen molar-refractivity contribution in [1.29, 1.82) is 0 Å². The van der Waals surface area contributed by atoms with Gasteiger partial charge in [0, 0.05) is 45.1 Å². The fraction of sp³-hybridized carbons (Fsp3) is 0.345. The van der Waals surface area contributed by atoms with Crippen LogP contribution in [0.15, 0.2) is 109 Å². The van der Waals surface area contributed by atoms with Gasteiger partial charge in [0.2, 0.25) is 0 Å². The summed E-state index contributed by atoms with van der Waals surface area (Å²) in [6.45, 7) is 27.6. The van der Waals surface area contributed by atoms with Gasteiger partial charge in [-0.15, -0.1) is 23.2 Å². The molecule has 69 heavy (non-hydrogen) atoms. The van der Waals surface area contributed by atoms with Crippen molar-refractivity contribution >= 4 is 74.6 Å². The average molecular weight is 1060 g/mol. The summed E-state index contributed by atoms with van der Waals surface area (Å²) >= 11 is 9.53. The molecule has 14 heteroatoms. The Morgan fingerprint density at radius 3 is 0.899 bits per heavy atom. The molecule has 374 valence electrons. The molecular weight excluding hydrogens is 996 g/mol. The Labute approximate surface area is 423 Å². The molecule has 0 radical (unpaired) electrons. The first-order chi connectivity index (χ1) is 31.6. The third kappa shape index (κ3) is 15.3. The fourth-order valence-electron chi connectivity index (χ4n) is 8.23. The van der Waals surface area contributed by atoms with Crippen molar-refractivity contribution in [2.24, 2.45) is 0 Å². The number of pyridine rings is 4. The van der Waals surface area contributed by atoms with Crippen molar-refractivity contribution < 1.29 is 42.3 Å². The van der Waals surface area contributed by atoms with E-state index < -0.39 is 7.81 Å². The van der Waals surface area contributed by atoms with Crippen LogP contribution in [0.4, 0.5) is 25.2 Å². The van der Waals surface area contributed by atoms with E-state index in [1.807, 2.05) is 12.1 Å². The number of hydrogen-bond acceptors (Lipinski definition) is 4. The predicted molar refractivity (Wildman–Crippen MR) is 280 cm³/mol. The molecule has 4 nitrogen and oxygen atoms in total. The summed E-state index contributed by atoms with van der Waals surface area (Å²) in [5.74, 6) is 2.55. The Bertz CT molecular complexity index is 2790. The third-order valence-corrected chi connectivity index (χ3v) is 11.6. The Balaban J connectivity index is 0.000000337. The van der Waals surface area contributed by atoms with E-state index >= 15 is 0 Å². The van der Waals surface area contributed by atoms with E-state index in [1.165, 1.54) is 44.5 Å². The Morgan fingerprint density at radius 2 is 0.652 bits per heavy atom. The topological polar surface area (TPSA) is 51.6 Å². The van der Waals surface area contributed by atoms with Crippen molar-refractivity contribution in [1.82, 2.24) is 19.9 Å². The van der Waals surface area contributed by atoms with Crippen molar-refractivity contribution in [2.45, 2.75) is 119 Å². The van der Waals surface area contributed by atoms with Gasteiger partial charge in [-0.25, -0.2) is 9.97 Å². The number of nitrogens with zero attached hydrogens (tertiary/aromatic N) is 4. The molecule has 0 aliphatic rings. The number of halogens is 8. The van der Waals surface area contributed by atoms with Gasteiger partial charge in [0.05, 0.1) is 38.8 Å². The van der Waals surface area contributed by atoms with E-state index in [1.54, 1.807) is 12.4 Å². The first kappa shape index (κ1) is 57.2. The molecule has 4 aromatic carbocycles. The summed E-state index contributed by atoms with van der Waals surface area (Å²) in [5.41, 5.74) is 16.9. The first-order valence-electron chi connectivity index (χ1n) is 22.9. The minimum absolute atomic E-state index is 0. The van der Waals surface area contributed by atoms with E-state index in [-0.39, 0.29) is 22.4 Å². The van der Waals surface area contributed by atoms with Crippen LogP contribution in [-0.4, -0.2) is 25.3 Å². The van der Waals surface area contributed by atoms with Crippen molar-refractivity contribution in [3.8, 4) is 22.5 Å². The summed E-state index contributed by atoms with van der Waals surface area (Å²) in [7, 11) is -10.7. The molecule has 0 unspecified atom stereocenters. The molecule has 0 amide bonds. The zero-order chi connectivity index (χ0) is 50.5. The van der Waals surface area contributed by atoms with Gasteiger partial charge >= 0.3 is 50.1 Å². The molecular formula is C55H62Cl2CuF6N4P. The van der Waals surface area contributed by atoms with Gasteiger partial charge < -0.3 is 0 Å². The maximum atomic E-state index is 9.87. The maximum absolute atomic E-state index is 10.7. The summed E-state index contributed by atoms with van der Waals surface area (Å²) < 4.78 is 59.2. The maximum Gasteiger partial charge on any atom is 1.00 e. The minimum atomic E-state index is -10.7. The van der Waals surface area contributed by atoms with Gasteiger partial charge in [-0.1, -0.05) is 156 Å². The van der Waals surface area contributed by atoms with Crippen LogP contribution in [0.5, 0.6) is 0 Å². The molecule has 0 saturated carbocycles. The number of fused-ring (bicyclic) bond motifs is 6. The fourth-order valence-corrected chi connectivity index (χ4v) is 8.23. The first-order valence-corrected chi connectivity index (χ1v) is 26.0. The van der Waals surface area contributed by atoms with Crippen LogP contribution in [0.2, 0.25) is 0 Å². The zero-order valence-electron chi connectivity index (χ0n) is 41.1. The number of rotatable bonds is 8. The van der Waals surface area contributed by atoms with E-state index in [2.05, 4.69) is 178 Å². The molecule has 4 aromatic heterocycles.